The summed E-state index contributed by atoms with van der Waals surface area (Å²) in [6.45, 7) is 0. The Balaban J connectivity index is 1.87. The number of nitrogens with zero attached hydrogens (tertiary/aromatic N) is 3. The van der Waals surface area contributed by atoms with E-state index in [1.807, 2.05) is 37.4 Å². The van der Waals surface area contributed by atoms with Crippen LogP contribution < -0.4 is 10.00 Å². The van der Waals surface area contributed by atoms with Crippen LogP contribution in [0.5, 0.6) is 0 Å². The molecule has 0 aliphatic rings. The molecule has 1 heterocycles. The van der Waals surface area contributed by atoms with Crippen molar-refractivity contribution in [1.29, 1.82) is 0 Å². The number of hydrogen-bond acceptors (Lipinski definition) is 5. The van der Waals surface area contributed by atoms with Gasteiger partial charge in [0.05, 0.1) is 10.5 Å². The molecule has 0 saturated heterocycles. The van der Waals surface area contributed by atoms with E-state index in [0.29, 0.717) is 0 Å². The summed E-state index contributed by atoms with van der Waals surface area (Å²) in [4.78, 5) is 10.3. The molecule has 0 atom stereocenters. The molecule has 22 heavy (non-hydrogen) atoms. The SMILES string of the molecule is C[n+]1nc(Nc2ccccc2)sc1-c1ccc([N+](=O)[O-])cc1. The predicted molar refractivity (Wildman–Crippen MR) is 85.1 cm³/mol. The highest BCUT2D eigenvalue weighted by Gasteiger charge is 2.19. The highest BCUT2D eigenvalue weighted by Crippen LogP contribution is 2.28. The van der Waals surface area contributed by atoms with Crippen molar-refractivity contribution >= 4 is 27.8 Å². The van der Waals surface area contributed by atoms with Crippen LogP contribution in [0.15, 0.2) is 54.6 Å². The molecule has 0 fully saturated rings. The van der Waals surface area contributed by atoms with Crippen molar-refractivity contribution in [2.24, 2.45) is 7.05 Å². The number of rotatable bonds is 4. The van der Waals surface area contributed by atoms with Crippen molar-refractivity contribution in [2.45, 2.75) is 0 Å². The minimum Gasteiger partial charge on any atom is -0.327 e. The number of benzene rings is 2. The Morgan fingerprint density at radius 2 is 1.82 bits per heavy atom. The molecule has 0 spiro atoms. The average molecular weight is 313 g/mol. The van der Waals surface area contributed by atoms with Gasteiger partial charge < -0.3 is 5.32 Å². The van der Waals surface area contributed by atoms with E-state index >= 15 is 0 Å². The van der Waals surface area contributed by atoms with Crippen molar-refractivity contribution in [1.82, 2.24) is 5.10 Å². The standard InChI is InChI=1S/C15H13N4O2S/c1-18-14(11-7-9-13(10-8-11)19(20)21)22-15(17-18)16-12-5-3-2-4-6-12/h2-10H,1H3,(H,16,17)/q+1. The number of non-ortho nitro benzene ring substituents is 1. The fraction of sp³-hybridized carbons (Fsp3) is 0.0667. The molecule has 0 amide bonds. The van der Waals surface area contributed by atoms with Crippen LogP contribution in [0, 0.1) is 10.1 Å². The summed E-state index contributed by atoms with van der Waals surface area (Å²) >= 11 is 1.49. The summed E-state index contributed by atoms with van der Waals surface area (Å²) in [7, 11) is 1.85. The van der Waals surface area contributed by atoms with Gasteiger partial charge >= 0.3 is 0 Å². The van der Waals surface area contributed by atoms with E-state index in [-0.39, 0.29) is 5.69 Å². The van der Waals surface area contributed by atoms with E-state index in [1.165, 1.54) is 23.5 Å². The van der Waals surface area contributed by atoms with E-state index in [0.717, 1.165) is 21.4 Å². The maximum atomic E-state index is 10.7. The second kappa shape index (κ2) is 5.90. The number of aromatic nitrogens is 2. The van der Waals surface area contributed by atoms with Gasteiger partial charge in [0.1, 0.15) is 0 Å². The molecule has 3 aromatic rings. The third-order valence-electron chi connectivity index (χ3n) is 3.08. The number of nitro benzene ring substituents is 1. The topological polar surface area (TPSA) is 71.9 Å². The van der Waals surface area contributed by atoms with E-state index in [4.69, 9.17) is 0 Å². The van der Waals surface area contributed by atoms with Gasteiger partial charge in [0.15, 0.2) is 7.05 Å². The number of nitrogens with one attached hydrogen (secondary N) is 1. The largest absolute Gasteiger partial charge is 0.327 e. The van der Waals surface area contributed by atoms with Gasteiger partial charge in [-0.15, -0.1) is 0 Å². The maximum Gasteiger partial charge on any atom is 0.297 e. The van der Waals surface area contributed by atoms with E-state index in [2.05, 4.69) is 10.4 Å². The van der Waals surface area contributed by atoms with Crippen molar-refractivity contribution < 1.29 is 9.61 Å². The van der Waals surface area contributed by atoms with E-state index in [1.54, 1.807) is 16.8 Å². The number of aryl methyl sites for hydroxylation is 1. The van der Waals surface area contributed by atoms with Crippen LogP contribution in [0.25, 0.3) is 10.6 Å². The van der Waals surface area contributed by atoms with Crippen molar-refractivity contribution in [2.75, 3.05) is 5.32 Å². The fourth-order valence-electron chi connectivity index (χ4n) is 2.03. The lowest BCUT2D eigenvalue weighted by Crippen LogP contribution is -2.31. The summed E-state index contributed by atoms with van der Waals surface area (Å²) in [5, 5.41) is 20.1. The predicted octanol–water partition coefficient (Wildman–Crippen LogP) is 3.29. The molecule has 0 radical (unpaired) electrons. The fourth-order valence-corrected chi connectivity index (χ4v) is 2.97. The Morgan fingerprint density at radius 3 is 2.45 bits per heavy atom. The monoisotopic (exact) mass is 313 g/mol. The molecule has 0 aliphatic carbocycles. The van der Waals surface area contributed by atoms with Crippen molar-refractivity contribution in [3.63, 3.8) is 0 Å². The van der Waals surface area contributed by atoms with Gasteiger partial charge in [-0.25, -0.2) is 0 Å². The zero-order valence-electron chi connectivity index (χ0n) is 11.8. The molecule has 6 nitrogen and oxygen atoms in total. The Bertz CT molecular complexity index is 800. The number of para-hydroxylation sites is 1. The van der Waals surface area contributed by atoms with Crippen LogP contribution in [-0.2, 0) is 7.05 Å². The molecule has 0 saturated carbocycles. The summed E-state index contributed by atoms with van der Waals surface area (Å²) in [5.74, 6) is 0. The first-order valence-electron chi connectivity index (χ1n) is 6.57. The molecule has 7 heteroatoms. The van der Waals surface area contributed by atoms with Gasteiger partial charge in [0.2, 0.25) is 0 Å². The highest BCUT2D eigenvalue weighted by atomic mass is 32.1. The first-order valence-corrected chi connectivity index (χ1v) is 7.39. The minimum atomic E-state index is -0.404. The molecule has 110 valence electrons. The third kappa shape index (κ3) is 2.94. The molecule has 3 rings (SSSR count). The van der Waals surface area contributed by atoms with Gasteiger partial charge in [-0.1, -0.05) is 22.9 Å². The number of anilines is 2. The van der Waals surface area contributed by atoms with Crippen LogP contribution in [0.3, 0.4) is 0 Å². The van der Waals surface area contributed by atoms with Crippen LogP contribution >= 0.6 is 11.3 Å². The summed E-state index contributed by atoms with van der Waals surface area (Å²) in [5.41, 5.74) is 1.94. The average Bonchev–Trinajstić information content (AvgIpc) is 2.89. The molecule has 0 aliphatic heterocycles. The second-order valence-corrected chi connectivity index (χ2v) is 5.61. The van der Waals surface area contributed by atoms with Crippen LogP contribution in [-0.4, -0.2) is 10.0 Å². The van der Waals surface area contributed by atoms with Gasteiger partial charge in [0.25, 0.3) is 15.8 Å². The molecular weight excluding hydrogens is 300 g/mol. The molecule has 0 bridgehead atoms. The third-order valence-corrected chi connectivity index (χ3v) is 4.15. The lowest BCUT2D eigenvalue weighted by molar-refractivity contribution is -0.714. The van der Waals surface area contributed by atoms with Gasteiger partial charge in [-0.05, 0) is 35.6 Å². The Morgan fingerprint density at radius 1 is 1.14 bits per heavy atom. The van der Waals surface area contributed by atoms with Crippen LogP contribution in [0.4, 0.5) is 16.5 Å². The smallest absolute Gasteiger partial charge is 0.297 e. The van der Waals surface area contributed by atoms with Gasteiger partial charge in [-0.2, -0.15) is 0 Å². The van der Waals surface area contributed by atoms with Crippen molar-refractivity contribution in [3.8, 4) is 10.6 Å². The van der Waals surface area contributed by atoms with Crippen molar-refractivity contribution in [3.05, 3.63) is 64.7 Å². The first-order chi connectivity index (χ1) is 10.6. The quantitative estimate of drug-likeness (QED) is 0.456. The number of hydrogen-bond donors (Lipinski definition) is 1. The zero-order chi connectivity index (χ0) is 15.5. The van der Waals surface area contributed by atoms with Crippen LogP contribution in [0.1, 0.15) is 0 Å². The zero-order valence-corrected chi connectivity index (χ0v) is 12.6. The molecule has 0 unspecified atom stereocenters. The maximum absolute atomic E-state index is 10.7. The number of nitro groups is 1. The van der Waals surface area contributed by atoms with Crippen LogP contribution in [0.2, 0.25) is 0 Å². The lowest BCUT2D eigenvalue weighted by Gasteiger charge is -1.97. The summed E-state index contributed by atoms with van der Waals surface area (Å²) in [6, 6.07) is 16.3. The van der Waals surface area contributed by atoms with Gasteiger partial charge in [0, 0.05) is 22.9 Å². The summed E-state index contributed by atoms with van der Waals surface area (Å²) < 4.78 is 1.76. The summed E-state index contributed by atoms with van der Waals surface area (Å²) in [6.07, 6.45) is 0. The molecule has 2 aromatic carbocycles. The minimum absolute atomic E-state index is 0.0820. The normalized spacial score (nSPS) is 10.4. The Hall–Kier alpha value is -2.80. The second-order valence-electron chi connectivity index (χ2n) is 4.63. The molecular formula is C15H13N4O2S+. The lowest BCUT2D eigenvalue weighted by atomic mass is 10.2. The Labute approximate surface area is 130 Å². The Kier molecular flexibility index (Phi) is 3.80. The first kappa shape index (κ1) is 14.2. The molecule has 1 N–H and O–H groups in total. The highest BCUT2D eigenvalue weighted by molar-refractivity contribution is 7.18. The van der Waals surface area contributed by atoms with Gasteiger partial charge in [-0.3, -0.25) is 10.1 Å². The van der Waals surface area contributed by atoms with E-state index in [9.17, 15) is 10.1 Å². The molecule has 1 aromatic heterocycles. The van der Waals surface area contributed by atoms with E-state index < -0.39 is 4.92 Å².